The number of sulfonamides is 1. The molecule has 0 spiro atoms. The quantitative estimate of drug-likeness (QED) is 0.383. The van der Waals surface area contributed by atoms with Gasteiger partial charge in [-0.25, -0.2) is 27.2 Å². The Balaban J connectivity index is 1.41. The number of aromatic nitrogens is 2. The zero-order valence-electron chi connectivity index (χ0n) is 21.1. The first-order chi connectivity index (χ1) is 18.6. The van der Waals surface area contributed by atoms with Gasteiger partial charge in [0.2, 0.25) is 21.8 Å². The number of thioether (sulfide) groups is 1. The molecule has 208 valence electrons. The second kappa shape index (κ2) is 11.2. The lowest BCUT2D eigenvalue weighted by atomic mass is 10.1. The Labute approximate surface area is 229 Å². The highest BCUT2D eigenvalue weighted by Gasteiger charge is 2.30. The Morgan fingerprint density at radius 3 is 2.74 bits per heavy atom. The van der Waals surface area contributed by atoms with Gasteiger partial charge in [0.1, 0.15) is 11.9 Å². The van der Waals surface area contributed by atoms with Crippen molar-refractivity contribution < 1.29 is 26.3 Å². The largest absolute Gasteiger partial charge is 0.452 e. The molecular weight excluding hydrogens is 551 g/mol. The van der Waals surface area contributed by atoms with Crippen LogP contribution in [0.15, 0.2) is 53.3 Å². The number of benzene rings is 1. The van der Waals surface area contributed by atoms with Crippen LogP contribution in [0.5, 0.6) is 5.75 Å². The Bertz CT molecular complexity index is 1460. The number of hydrogen-bond donors (Lipinski definition) is 3. The van der Waals surface area contributed by atoms with E-state index in [9.17, 15) is 17.2 Å². The third-order valence-electron chi connectivity index (χ3n) is 6.33. The summed E-state index contributed by atoms with van der Waals surface area (Å²) in [7, 11) is -3.81. The number of hydrogen-bond acceptors (Lipinski definition) is 8. The van der Waals surface area contributed by atoms with Crippen molar-refractivity contribution in [1.29, 1.82) is 0 Å². The fourth-order valence-electron chi connectivity index (χ4n) is 4.31. The molecule has 1 aliphatic carbocycles. The van der Waals surface area contributed by atoms with Crippen molar-refractivity contribution in [1.82, 2.24) is 15.3 Å². The van der Waals surface area contributed by atoms with E-state index in [1.54, 1.807) is 12.1 Å². The van der Waals surface area contributed by atoms with Crippen LogP contribution in [0.4, 0.5) is 24.8 Å². The molecule has 2 aliphatic heterocycles. The van der Waals surface area contributed by atoms with Gasteiger partial charge in [0.25, 0.3) is 0 Å². The van der Waals surface area contributed by atoms with Crippen molar-refractivity contribution in [2.24, 2.45) is 5.92 Å². The van der Waals surface area contributed by atoms with Crippen molar-refractivity contribution in [3.05, 3.63) is 70.6 Å². The summed E-state index contributed by atoms with van der Waals surface area (Å²) in [5.74, 6) is -2.77. The van der Waals surface area contributed by atoms with Crippen LogP contribution in [0.1, 0.15) is 31.9 Å². The number of rotatable bonds is 9. The van der Waals surface area contributed by atoms with E-state index in [1.807, 2.05) is 6.92 Å². The van der Waals surface area contributed by atoms with Crippen LogP contribution in [0, 0.1) is 17.6 Å². The van der Waals surface area contributed by atoms with Crippen LogP contribution in [-0.2, 0) is 10.0 Å². The second-order valence-corrected chi connectivity index (χ2v) is 12.8. The summed E-state index contributed by atoms with van der Waals surface area (Å²) in [6, 6.07) is 3.74. The highest BCUT2D eigenvalue weighted by atomic mass is 32.2. The number of ether oxygens (including phenoxy) is 1. The monoisotopic (exact) mass is 579 g/mol. The lowest BCUT2D eigenvalue weighted by molar-refractivity contribution is 0.254. The molecule has 13 heteroatoms. The van der Waals surface area contributed by atoms with Gasteiger partial charge in [0.05, 0.1) is 22.0 Å². The van der Waals surface area contributed by atoms with Gasteiger partial charge in [0.15, 0.2) is 11.6 Å². The molecular formula is C26H28F3N5O3S2. The van der Waals surface area contributed by atoms with Crippen molar-refractivity contribution in [2.75, 3.05) is 28.9 Å². The van der Waals surface area contributed by atoms with Crippen molar-refractivity contribution in [2.45, 2.75) is 38.4 Å². The Kier molecular flexibility index (Phi) is 7.92. The number of allylic oxidation sites excluding steroid dienone is 2. The average molecular weight is 580 g/mol. The zero-order valence-corrected chi connectivity index (χ0v) is 22.8. The molecule has 2 fully saturated rings. The molecule has 3 N–H and O–H groups in total. The molecule has 0 radical (unpaired) electrons. The maximum Gasteiger partial charge on any atom is 0.233 e. The lowest BCUT2D eigenvalue weighted by Crippen LogP contribution is -2.44. The summed E-state index contributed by atoms with van der Waals surface area (Å²) in [6.45, 7) is 6.74. The smallest absolute Gasteiger partial charge is 0.233 e. The fraction of sp³-hybridized carbons (Fsp3) is 0.385. The van der Waals surface area contributed by atoms with Crippen LogP contribution in [0.25, 0.3) is 4.91 Å². The minimum atomic E-state index is -3.81. The van der Waals surface area contributed by atoms with Crippen LogP contribution in [0.2, 0.25) is 0 Å². The Morgan fingerprint density at radius 2 is 2.00 bits per heavy atom. The molecule has 5 rings (SSSR count). The predicted molar refractivity (Wildman–Crippen MR) is 146 cm³/mol. The van der Waals surface area contributed by atoms with Gasteiger partial charge >= 0.3 is 0 Å². The van der Waals surface area contributed by atoms with Crippen LogP contribution in [0.3, 0.4) is 0 Å². The number of nitrogens with zero attached hydrogens (tertiary/aromatic N) is 2. The van der Waals surface area contributed by atoms with Gasteiger partial charge < -0.3 is 15.4 Å². The number of piperidine rings is 1. The van der Waals surface area contributed by atoms with E-state index in [1.165, 1.54) is 18.0 Å². The van der Waals surface area contributed by atoms with Crippen LogP contribution < -0.4 is 20.1 Å². The second-order valence-electron chi connectivity index (χ2n) is 9.81. The molecule has 2 atom stereocenters. The fourth-order valence-corrected chi connectivity index (χ4v) is 6.85. The maximum atomic E-state index is 15.1. The van der Waals surface area contributed by atoms with E-state index in [2.05, 4.69) is 31.9 Å². The number of nitrogens with one attached hydrogen (secondary N) is 3. The molecule has 1 aromatic heterocycles. The third-order valence-corrected chi connectivity index (χ3v) is 8.81. The van der Waals surface area contributed by atoms with Crippen LogP contribution in [-0.4, -0.2) is 49.4 Å². The minimum absolute atomic E-state index is 0.0483. The highest BCUT2D eigenvalue weighted by Crippen LogP contribution is 2.43. The predicted octanol–water partition coefficient (Wildman–Crippen LogP) is 4.97. The van der Waals surface area contributed by atoms with E-state index in [4.69, 9.17) is 4.74 Å². The van der Waals surface area contributed by atoms with Crippen molar-refractivity contribution in [3.63, 3.8) is 0 Å². The van der Waals surface area contributed by atoms with E-state index < -0.39 is 39.3 Å². The standard InChI is InChI=1S/C26H28F3N5O3S2/c1-14-9-15(2)38-25(20-7-8-31-26(33-20)32-18-10-17(27)11-30-12-18)24(14)37-21-6-5-19(22(28)23(21)29)34-39(35,36)13-16-3-4-16/h5-9,16-18,30,34H,1,3-4,10-13H2,2H3,(H,31,32,33)/t17-,18-/m0/s1. The minimum Gasteiger partial charge on any atom is -0.452 e. The lowest BCUT2D eigenvalue weighted by Gasteiger charge is -2.26. The number of halogens is 3. The third kappa shape index (κ3) is 6.76. The molecule has 1 saturated carbocycles. The molecule has 3 heterocycles. The van der Waals surface area contributed by atoms with Crippen LogP contribution >= 0.6 is 11.8 Å². The van der Waals surface area contributed by atoms with Gasteiger partial charge in [0, 0.05) is 37.3 Å². The van der Waals surface area contributed by atoms with Gasteiger partial charge in [-0.1, -0.05) is 18.3 Å². The molecule has 1 saturated heterocycles. The summed E-state index contributed by atoms with van der Waals surface area (Å²) in [6.07, 6.45) is 4.24. The SMILES string of the molecule is C=C1C=C(C)SC(c2ccnc(N[C@@H]3CNC[C@@H](F)C3)n2)=C1Oc1ccc(NS(=O)(=O)CC2CC2)c(F)c1F. The summed E-state index contributed by atoms with van der Waals surface area (Å²) in [4.78, 5) is 10.2. The number of alkyl halides is 1. The van der Waals surface area contributed by atoms with E-state index in [0.717, 1.165) is 29.9 Å². The number of anilines is 2. The molecule has 0 bridgehead atoms. The average Bonchev–Trinajstić information content (AvgIpc) is 3.68. The summed E-state index contributed by atoms with van der Waals surface area (Å²) >= 11 is 1.31. The van der Waals surface area contributed by atoms with Crippen molar-refractivity contribution >= 4 is 38.3 Å². The topological polar surface area (TPSA) is 105 Å². The zero-order chi connectivity index (χ0) is 27.7. The molecule has 0 amide bonds. The van der Waals surface area contributed by atoms with Gasteiger partial charge in [-0.2, -0.15) is 4.39 Å². The summed E-state index contributed by atoms with van der Waals surface area (Å²) < 4.78 is 76.2. The van der Waals surface area contributed by atoms with Gasteiger partial charge in [-0.3, -0.25) is 4.72 Å². The maximum absolute atomic E-state index is 15.1. The molecule has 2 aromatic rings. The van der Waals surface area contributed by atoms with Gasteiger partial charge in [-0.05, 0) is 54.9 Å². The summed E-state index contributed by atoms with van der Waals surface area (Å²) in [5, 5.41) is 6.15. The van der Waals surface area contributed by atoms with Crippen molar-refractivity contribution in [3.8, 4) is 5.75 Å². The van der Waals surface area contributed by atoms with E-state index >= 15 is 4.39 Å². The normalized spacial score (nSPS) is 21.9. The molecule has 8 nitrogen and oxygen atoms in total. The molecule has 1 aromatic carbocycles. The Morgan fingerprint density at radius 1 is 1.21 bits per heavy atom. The first-order valence-electron chi connectivity index (χ1n) is 12.5. The first kappa shape index (κ1) is 27.5. The summed E-state index contributed by atoms with van der Waals surface area (Å²) in [5.41, 5.74) is 0.383. The first-order valence-corrected chi connectivity index (χ1v) is 15.0. The molecule has 39 heavy (non-hydrogen) atoms. The Hall–Kier alpha value is -3.03. The van der Waals surface area contributed by atoms with E-state index in [-0.39, 0.29) is 23.5 Å². The van der Waals surface area contributed by atoms with E-state index in [0.29, 0.717) is 41.6 Å². The molecule has 3 aliphatic rings. The molecule has 0 unspecified atom stereocenters. The van der Waals surface area contributed by atoms with Gasteiger partial charge in [-0.15, -0.1) is 0 Å². The highest BCUT2D eigenvalue weighted by molar-refractivity contribution is 8.11.